The Morgan fingerprint density at radius 3 is 2.92 bits per heavy atom. The molecule has 4 N–H and O–H groups in total. The normalized spacial score (nSPS) is 10.7. The van der Waals surface area contributed by atoms with E-state index in [0.717, 1.165) is 9.99 Å². The van der Waals surface area contributed by atoms with Crippen molar-refractivity contribution in [1.29, 1.82) is 0 Å². The van der Waals surface area contributed by atoms with E-state index in [1.54, 1.807) is 30.5 Å². The Labute approximate surface area is 145 Å². The van der Waals surface area contributed by atoms with Gasteiger partial charge in [0.25, 0.3) is 0 Å². The number of nitrogens with two attached hydrogens (primary N) is 1. The number of halogens is 1. The molecule has 0 unspecified atom stereocenters. The van der Waals surface area contributed by atoms with Gasteiger partial charge in [-0.2, -0.15) is 0 Å². The molecule has 0 aliphatic rings. The number of aromatic nitrogens is 3. The van der Waals surface area contributed by atoms with Crippen LogP contribution in [0.25, 0.3) is 11.2 Å². The van der Waals surface area contributed by atoms with Crippen molar-refractivity contribution in [3.8, 4) is 0 Å². The quantitative estimate of drug-likeness (QED) is 0.623. The first-order chi connectivity index (χ1) is 11.5. The summed E-state index contributed by atoms with van der Waals surface area (Å²) in [5.74, 6) is -0.0186. The highest BCUT2D eigenvalue weighted by Gasteiger charge is 2.09. The van der Waals surface area contributed by atoms with Gasteiger partial charge in [0.2, 0.25) is 11.8 Å². The van der Waals surface area contributed by atoms with Gasteiger partial charge in [0, 0.05) is 34.8 Å². The maximum atomic E-state index is 12.0. The van der Waals surface area contributed by atoms with Crippen LogP contribution in [0.1, 0.15) is 22.6 Å². The van der Waals surface area contributed by atoms with Gasteiger partial charge in [0.05, 0.1) is 5.52 Å². The van der Waals surface area contributed by atoms with Gasteiger partial charge in [0.15, 0.2) is 5.65 Å². The van der Waals surface area contributed by atoms with E-state index in [2.05, 4.69) is 36.2 Å². The van der Waals surface area contributed by atoms with Crippen LogP contribution in [-0.2, 0) is 11.2 Å². The lowest BCUT2D eigenvalue weighted by Crippen LogP contribution is -2.14. The summed E-state index contributed by atoms with van der Waals surface area (Å²) in [6.07, 6.45) is 2.38. The van der Waals surface area contributed by atoms with Crippen LogP contribution in [0.2, 0.25) is 0 Å². The van der Waals surface area contributed by atoms with Gasteiger partial charge in [-0.15, -0.1) is 0 Å². The van der Waals surface area contributed by atoms with Crippen molar-refractivity contribution in [2.75, 3.05) is 5.32 Å². The molecule has 24 heavy (non-hydrogen) atoms. The first-order valence-electron chi connectivity index (χ1n) is 7.21. The van der Waals surface area contributed by atoms with Crippen molar-refractivity contribution in [3.63, 3.8) is 0 Å². The maximum Gasteiger partial charge on any atom is 0.248 e. The molecule has 122 valence electrons. The van der Waals surface area contributed by atoms with E-state index in [9.17, 15) is 9.59 Å². The third-order valence-corrected chi connectivity index (χ3v) is 3.81. The molecule has 0 saturated heterocycles. The molecule has 2 heterocycles. The van der Waals surface area contributed by atoms with Crippen molar-refractivity contribution >= 4 is 44.6 Å². The number of aromatic amines is 1. The highest BCUT2D eigenvalue weighted by molar-refractivity contribution is 9.10. The number of fused-ring (bicyclic) bond motifs is 1. The summed E-state index contributed by atoms with van der Waals surface area (Å²) >= 11 is 3.35. The zero-order chi connectivity index (χ0) is 17.1. The second-order valence-corrected chi connectivity index (χ2v) is 6.12. The molecule has 3 aromatic rings. The molecular formula is C16H14BrN5O2. The number of primary amides is 1. The predicted molar refractivity (Wildman–Crippen MR) is 93.5 cm³/mol. The monoisotopic (exact) mass is 387 g/mol. The average molecular weight is 388 g/mol. The lowest BCUT2D eigenvalue weighted by molar-refractivity contribution is -0.116. The second kappa shape index (κ2) is 6.79. The van der Waals surface area contributed by atoms with Gasteiger partial charge in [-0.1, -0.05) is 6.07 Å². The number of nitrogens with one attached hydrogen (secondary N) is 2. The summed E-state index contributed by atoms with van der Waals surface area (Å²) in [5.41, 5.74) is 7.53. The fourth-order valence-corrected chi connectivity index (χ4v) is 2.58. The Morgan fingerprint density at radius 2 is 2.12 bits per heavy atom. The van der Waals surface area contributed by atoms with Crippen molar-refractivity contribution in [3.05, 3.63) is 52.4 Å². The van der Waals surface area contributed by atoms with E-state index in [4.69, 9.17) is 5.73 Å². The van der Waals surface area contributed by atoms with Crippen molar-refractivity contribution < 1.29 is 9.59 Å². The van der Waals surface area contributed by atoms with E-state index in [1.807, 2.05) is 6.07 Å². The third kappa shape index (κ3) is 3.77. The molecule has 0 fully saturated rings. The number of carbonyl (C=O) groups is 2. The SMILES string of the molecule is NC(=O)c1cccc(NC(=O)CCc2nc3ncc(Br)cc3[nH]2)c1. The molecule has 0 aliphatic heterocycles. The molecule has 0 atom stereocenters. The maximum absolute atomic E-state index is 12.0. The molecule has 1 aromatic carbocycles. The number of rotatable bonds is 5. The van der Waals surface area contributed by atoms with E-state index < -0.39 is 5.91 Å². The molecule has 3 rings (SSSR count). The predicted octanol–water partition coefficient (Wildman–Crippen LogP) is 2.39. The van der Waals surface area contributed by atoms with Gasteiger partial charge in [-0.05, 0) is 40.2 Å². The van der Waals surface area contributed by atoms with Crippen LogP contribution in [0.3, 0.4) is 0 Å². The Bertz CT molecular complexity index is 922. The average Bonchev–Trinajstić information content (AvgIpc) is 2.95. The van der Waals surface area contributed by atoms with Crippen LogP contribution in [0.5, 0.6) is 0 Å². The minimum absolute atomic E-state index is 0.175. The number of hydrogen-bond acceptors (Lipinski definition) is 4. The minimum atomic E-state index is -0.535. The van der Waals surface area contributed by atoms with E-state index in [1.165, 1.54) is 0 Å². The van der Waals surface area contributed by atoms with Gasteiger partial charge < -0.3 is 16.0 Å². The molecule has 0 saturated carbocycles. The molecule has 0 spiro atoms. The van der Waals surface area contributed by atoms with Crippen LogP contribution in [0.4, 0.5) is 5.69 Å². The van der Waals surface area contributed by atoms with Gasteiger partial charge in [-0.3, -0.25) is 9.59 Å². The first kappa shape index (κ1) is 16.1. The molecule has 7 nitrogen and oxygen atoms in total. The molecule has 0 aliphatic carbocycles. The number of hydrogen-bond donors (Lipinski definition) is 3. The first-order valence-corrected chi connectivity index (χ1v) is 8.00. The lowest BCUT2D eigenvalue weighted by Gasteiger charge is -2.05. The highest BCUT2D eigenvalue weighted by atomic mass is 79.9. The molecule has 2 aromatic heterocycles. The topological polar surface area (TPSA) is 114 Å². The summed E-state index contributed by atoms with van der Waals surface area (Å²) < 4.78 is 0.859. The minimum Gasteiger partial charge on any atom is -0.366 e. The summed E-state index contributed by atoms with van der Waals surface area (Å²) in [6.45, 7) is 0. The zero-order valence-electron chi connectivity index (χ0n) is 12.5. The second-order valence-electron chi connectivity index (χ2n) is 5.20. The Morgan fingerprint density at radius 1 is 1.29 bits per heavy atom. The smallest absolute Gasteiger partial charge is 0.248 e. The van der Waals surface area contributed by atoms with Gasteiger partial charge in [0.1, 0.15) is 5.82 Å². The number of H-pyrrole nitrogens is 1. The Balaban J connectivity index is 1.62. The molecule has 8 heteroatoms. The van der Waals surface area contributed by atoms with Gasteiger partial charge in [-0.25, -0.2) is 9.97 Å². The fraction of sp³-hybridized carbons (Fsp3) is 0.125. The number of pyridine rings is 1. The van der Waals surface area contributed by atoms with Crippen LogP contribution in [0.15, 0.2) is 41.0 Å². The standard InChI is InChI=1S/C16H14BrN5O2/c17-10-7-12-16(19-8-10)22-13(21-12)4-5-14(23)20-11-3-1-2-9(6-11)15(18)24/h1-3,6-8H,4-5H2,(H2,18,24)(H,20,23)(H,19,21,22). The van der Waals surface area contributed by atoms with E-state index in [-0.39, 0.29) is 12.3 Å². The van der Waals surface area contributed by atoms with Crippen LogP contribution < -0.4 is 11.1 Å². The molecular weight excluding hydrogens is 374 g/mol. The number of benzene rings is 1. The Kier molecular flexibility index (Phi) is 4.57. The molecule has 2 amide bonds. The van der Waals surface area contributed by atoms with Crippen LogP contribution >= 0.6 is 15.9 Å². The summed E-state index contributed by atoms with van der Waals surface area (Å²) in [4.78, 5) is 34.9. The third-order valence-electron chi connectivity index (χ3n) is 3.37. The Hall–Kier alpha value is -2.74. The molecule has 0 radical (unpaired) electrons. The number of aryl methyl sites for hydroxylation is 1. The summed E-state index contributed by atoms with van der Waals surface area (Å²) in [5, 5.41) is 2.74. The van der Waals surface area contributed by atoms with E-state index in [0.29, 0.717) is 29.1 Å². The number of imidazole rings is 1. The fourth-order valence-electron chi connectivity index (χ4n) is 2.25. The largest absolute Gasteiger partial charge is 0.366 e. The van der Waals surface area contributed by atoms with Crippen LogP contribution in [-0.4, -0.2) is 26.8 Å². The van der Waals surface area contributed by atoms with Gasteiger partial charge >= 0.3 is 0 Å². The lowest BCUT2D eigenvalue weighted by atomic mass is 10.2. The zero-order valence-corrected chi connectivity index (χ0v) is 14.1. The highest BCUT2D eigenvalue weighted by Crippen LogP contribution is 2.16. The van der Waals surface area contributed by atoms with E-state index >= 15 is 0 Å². The van der Waals surface area contributed by atoms with Crippen LogP contribution in [0, 0.1) is 0 Å². The van der Waals surface area contributed by atoms with Crippen molar-refractivity contribution in [2.24, 2.45) is 5.73 Å². The van der Waals surface area contributed by atoms with Crippen molar-refractivity contribution in [2.45, 2.75) is 12.8 Å². The summed E-state index contributed by atoms with van der Waals surface area (Å²) in [7, 11) is 0. The summed E-state index contributed by atoms with van der Waals surface area (Å²) in [6, 6.07) is 8.39. The number of amides is 2. The number of nitrogens with zero attached hydrogens (tertiary/aromatic N) is 2. The van der Waals surface area contributed by atoms with Crippen molar-refractivity contribution in [1.82, 2.24) is 15.0 Å². The number of anilines is 1. The number of carbonyl (C=O) groups excluding carboxylic acids is 2. The molecule has 0 bridgehead atoms.